The van der Waals surface area contributed by atoms with Gasteiger partial charge in [0.25, 0.3) is 0 Å². The summed E-state index contributed by atoms with van der Waals surface area (Å²) in [5, 5.41) is 0. The monoisotopic (exact) mass is 295 g/mol. The summed E-state index contributed by atoms with van der Waals surface area (Å²) in [6.45, 7) is 1.15. The van der Waals surface area contributed by atoms with Crippen molar-refractivity contribution >= 4 is 5.91 Å². The van der Waals surface area contributed by atoms with Gasteiger partial charge in [0.2, 0.25) is 5.91 Å². The van der Waals surface area contributed by atoms with Crippen molar-refractivity contribution in [2.45, 2.75) is 37.3 Å². The largest absolute Gasteiger partial charge is 0.339 e. The van der Waals surface area contributed by atoms with E-state index in [-0.39, 0.29) is 30.3 Å². The van der Waals surface area contributed by atoms with Gasteiger partial charge >= 0.3 is 0 Å². The molecule has 4 N–H and O–H groups in total. The lowest BCUT2D eigenvalue weighted by atomic mass is 9.91. The van der Waals surface area contributed by atoms with Gasteiger partial charge in [0.15, 0.2) is 11.6 Å². The third kappa shape index (κ3) is 2.65. The van der Waals surface area contributed by atoms with E-state index in [2.05, 4.69) is 0 Å². The first-order valence-corrected chi connectivity index (χ1v) is 7.22. The quantitative estimate of drug-likeness (QED) is 0.869. The molecule has 4 nitrogen and oxygen atoms in total. The van der Waals surface area contributed by atoms with E-state index < -0.39 is 11.6 Å². The number of hydrogen-bond acceptors (Lipinski definition) is 3. The number of nitrogens with zero attached hydrogens (tertiary/aromatic N) is 1. The maximum Gasteiger partial charge on any atom is 0.224 e. The lowest BCUT2D eigenvalue weighted by Gasteiger charge is -2.37. The van der Waals surface area contributed by atoms with Crippen LogP contribution >= 0.6 is 0 Å². The molecule has 1 aromatic carbocycles. The summed E-state index contributed by atoms with van der Waals surface area (Å²) < 4.78 is 26.6. The van der Waals surface area contributed by atoms with Gasteiger partial charge in [0, 0.05) is 37.5 Å². The average Bonchev–Trinajstić information content (AvgIpc) is 2.78. The molecule has 0 bridgehead atoms. The Morgan fingerprint density at radius 2 is 2.00 bits per heavy atom. The van der Waals surface area contributed by atoms with Crippen molar-refractivity contribution in [3.63, 3.8) is 0 Å². The van der Waals surface area contributed by atoms with Crippen LogP contribution in [0.5, 0.6) is 0 Å². The Kier molecular flexibility index (Phi) is 3.67. The summed E-state index contributed by atoms with van der Waals surface area (Å²) in [7, 11) is 0. The molecule has 1 aliphatic heterocycles. The van der Waals surface area contributed by atoms with Crippen LogP contribution in [0.3, 0.4) is 0 Å². The van der Waals surface area contributed by atoms with E-state index >= 15 is 0 Å². The molecule has 0 aromatic heterocycles. The highest BCUT2D eigenvalue weighted by Crippen LogP contribution is 2.37. The molecule has 2 atom stereocenters. The minimum Gasteiger partial charge on any atom is -0.339 e. The van der Waals surface area contributed by atoms with Crippen molar-refractivity contribution in [2.75, 3.05) is 13.1 Å². The molecule has 21 heavy (non-hydrogen) atoms. The molecule has 1 amide bonds. The van der Waals surface area contributed by atoms with Crippen molar-refractivity contribution in [1.82, 2.24) is 4.90 Å². The van der Waals surface area contributed by atoms with Crippen molar-refractivity contribution in [1.29, 1.82) is 0 Å². The summed E-state index contributed by atoms with van der Waals surface area (Å²) >= 11 is 0. The molecule has 0 radical (unpaired) electrons. The van der Waals surface area contributed by atoms with Gasteiger partial charge in [0.1, 0.15) is 0 Å². The molecule has 1 heterocycles. The molecule has 0 spiro atoms. The van der Waals surface area contributed by atoms with Gasteiger partial charge in [-0.15, -0.1) is 0 Å². The van der Waals surface area contributed by atoms with Crippen LogP contribution in [0.2, 0.25) is 0 Å². The van der Waals surface area contributed by atoms with Crippen molar-refractivity contribution in [3.8, 4) is 0 Å². The van der Waals surface area contributed by atoms with Gasteiger partial charge in [0.05, 0.1) is 0 Å². The van der Waals surface area contributed by atoms with Crippen molar-refractivity contribution < 1.29 is 13.6 Å². The molecule has 1 saturated heterocycles. The van der Waals surface area contributed by atoms with Crippen LogP contribution in [-0.4, -0.2) is 36.0 Å². The Morgan fingerprint density at radius 3 is 2.67 bits per heavy atom. The molecule has 1 aliphatic carbocycles. The van der Waals surface area contributed by atoms with Crippen molar-refractivity contribution in [2.24, 2.45) is 11.5 Å². The minimum absolute atomic E-state index is 0.0137. The van der Waals surface area contributed by atoms with E-state index in [9.17, 15) is 13.6 Å². The predicted octanol–water partition coefficient (Wildman–Crippen LogP) is 0.881. The number of likely N-dealkylation sites (tertiary alicyclic amines) is 1. The molecule has 114 valence electrons. The number of nitrogens with two attached hydrogens (primary N) is 2. The smallest absolute Gasteiger partial charge is 0.224 e. The SMILES string of the molecule is NC1CN(C(=O)C[C@H](N)[C@H]2CCc3cc(F)c(F)cc32)C1. The van der Waals surface area contributed by atoms with Crippen LogP contribution in [0, 0.1) is 11.6 Å². The lowest BCUT2D eigenvalue weighted by Crippen LogP contribution is -2.58. The summed E-state index contributed by atoms with van der Waals surface area (Å²) in [6.07, 6.45) is 1.62. The van der Waals surface area contributed by atoms with Crippen molar-refractivity contribution in [3.05, 3.63) is 34.9 Å². The van der Waals surface area contributed by atoms with E-state index in [1.165, 1.54) is 12.1 Å². The Morgan fingerprint density at radius 1 is 1.33 bits per heavy atom. The molecular formula is C15H19F2N3O. The molecule has 0 unspecified atom stereocenters. The fourth-order valence-electron chi connectivity index (χ4n) is 3.27. The number of carbonyl (C=O) groups is 1. The zero-order valence-electron chi connectivity index (χ0n) is 11.7. The normalized spacial score (nSPS) is 22.9. The topological polar surface area (TPSA) is 72.3 Å². The Bertz CT molecular complexity index is 572. The maximum absolute atomic E-state index is 13.4. The van der Waals surface area contributed by atoms with E-state index in [0.717, 1.165) is 17.5 Å². The summed E-state index contributed by atoms with van der Waals surface area (Å²) in [5.41, 5.74) is 13.3. The number of rotatable bonds is 3. The number of halogens is 2. The molecular weight excluding hydrogens is 276 g/mol. The second kappa shape index (κ2) is 5.35. The molecule has 1 aromatic rings. The summed E-state index contributed by atoms with van der Waals surface area (Å²) in [5.74, 6) is -1.78. The summed E-state index contributed by atoms with van der Waals surface area (Å²) in [4.78, 5) is 13.7. The van der Waals surface area contributed by atoms with Gasteiger partial charge in [-0.25, -0.2) is 8.78 Å². The highest BCUT2D eigenvalue weighted by Gasteiger charge is 2.33. The number of fused-ring (bicyclic) bond motifs is 1. The Balaban J connectivity index is 1.69. The van der Waals surface area contributed by atoms with Crippen LogP contribution in [0.25, 0.3) is 0 Å². The van der Waals surface area contributed by atoms with Crippen LogP contribution < -0.4 is 11.5 Å². The molecule has 6 heteroatoms. The maximum atomic E-state index is 13.4. The first-order chi connectivity index (χ1) is 9.95. The zero-order valence-corrected chi connectivity index (χ0v) is 11.7. The first kappa shape index (κ1) is 14.4. The molecule has 2 aliphatic rings. The fraction of sp³-hybridized carbons (Fsp3) is 0.533. The first-order valence-electron chi connectivity index (χ1n) is 7.22. The standard InChI is InChI=1S/C15H19F2N3O/c16-12-3-8-1-2-10(11(8)4-13(12)17)14(19)5-15(21)20-6-9(18)7-20/h3-4,9-10,14H,1-2,5-7,18-19H2/t10-,14-/m0/s1. The Hall–Kier alpha value is -1.53. The minimum atomic E-state index is -0.854. The average molecular weight is 295 g/mol. The van der Waals surface area contributed by atoms with E-state index in [1.54, 1.807) is 4.90 Å². The Labute approximate surface area is 122 Å². The number of carbonyl (C=O) groups excluding carboxylic acids is 1. The van der Waals surface area contributed by atoms with E-state index in [1.807, 2.05) is 0 Å². The highest BCUT2D eigenvalue weighted by molar-refractivity contribution is 5.78. The van der Waals surface area contributed by atoms with E-state index in [0.29, 0.717) is 19.5 Å². The number of aryl methyl sites for hydroxylation is 1. The summed E-state index contributed by atoms with van der Waals surface area (Å²) in [6, 6.07) is 2.16. The molecule has 3 rings (SSSR count). The predicted molar refractivity (Wildman–Crippen MR) is 74.6 cm³/mol. The third-order valence-electron chi connectivity index (χ3n) is 4.50. The van der Waals surface area contributed by atoms with Gasteiger partial charge in [-0.3, -0.25) is 4.79 Å². The lowest BCUT2D eigenvalue weighted by molar-refractivity contribution is -0.135. The van der Waals surface area contributed by atoms with E-state index in [4.69, 9.17) is 11.5 Å². The zero-order chi connectivity index (χ0) is 15.1. The van der Waals surface area contributed by atoms with Crippen LogP contribution in [0.15, 0.2) is 12.1 Å². The molecule has 1 fully saturated rings. The van der Waals surface area contributed by atoms with Crippen LogP contribution in [0.1, 0.15) is 29.9 Å². The van der Waals surface area contributed by atoms with Gasteiger partial charge in [-0.2, -0.15) is 0 Å². The third-order valence-corrected chi connectivity index (χ3v) is 4.50. The fourth-order valence-corrected chi connectivity index (χ4v) is 3.27. The van der Waals surface area contributed by atoms with Gasteiger partial charge < -0.3 is 16.4 Å². The number of benzene rings is 1. The second-order valence-corrected chi connectivity index (χ2v) is 6.04. The van der Waals surface area contributed by atoms with Gasteiger partial charge in [-0.1, -0.05) is 0 Å². The molecule has 0 saturated carbocycles. The highest BCUT2D eigenvalue weighted by atomic mass is 19.2. The number of hydrogen-bond donors (Lipinski definition) is 2. The van der Waals surface area contributed by atoms with Crippen LogP contribution in [-0.2, 0) is 11.2 Å². The van der Waals surface area contributed by atoms with Crippen LogP contribution in [0.4, 0.5) is 8.78 Å². The second-order valence-electron chi connectivity index (χ2n) is 6.04. The van der Waals surface area contributed by atoms with Gasteiger partial charge in [-0.05, 0) is 36.1 Å². The number of amides is 1.